The number of H-pyrrole nitrogens is 1. The van der Waals surface area contributed by atoms with Crippen molar-refractivity contribution in [2.75, 3.05) is 5.32 Å². The molecule has 0 aliphatic heterocycles. The van der Waals surface area contributed by atoms with Gasteiger partial charge in [-0.1, -0.05) is 12.1 Å². The highest BCUT2D eigenvalue weighted by Crippen LogP contribution is 2.22. The number of pyridine rings is 1. The SMILES string of the molecule is O=C(Nc1ccncc1Br)c1cccc2cc[nH]c12. The van der Waals surface area contributed by atoms with Crippen LogP contribution in [0.1, 0.15) is 10.4 Å². The van der Waals surface area contributed by atoms with Crippen molar-refractivity contribution in [3.63, 3.8) is 0 Å². The van der Waals surface area contributed by atoms with Crippen molar-refractivity contribution in [1.29, 1.82) is 0 Å². The van der Waals surface area contributed by atoms with Gasteiger partial charge in [-0.15, -0.1) is 0 Å². The van der Waals surface area contributed by atoms with E-state index < -0.39 is 0 Å². The van der Waals surface area contributed by atoms with Gasteiger partial charge < -0.3 is 10.3 Å². The van der Waals surface area contributed by atoms with Gasteiger partial charge in [-0.25, -0.2) is 0 Å². The molecular formula is C14H10BrN3O. The van der Waals surface area contributed by atoms with Crippen LogP contribution >= 0.6 is 15.9 Å². The van der Waals surface area contributed by atoms with Gasteiger partial charge in [0, 0.05) is 24.0 Å². The second-order valence-corrected chi connectivity index (χ2v) is 4.91. The molecule has 1 amide bonds. The predicted molar refractivity (Wildman–Crippen MR) is 78.2 cm³/mol. The number of para-hydroxylation sites is 1. The Hall–Kier alpha value is -2.14. The summed E-state index contributed by atoms with van der Waals surface area (Å²) in [5.74, 6) is -0.153. The summed E-state index contributed by atoms with van der Waals surface area (Å²) in [5, 5.41) is 3.88. The van der Waals surface area contributed by atoms with Crippen molar-refractivity contribution < 1.29 is 4.79 Å². The number of carbonyl (C=O) groups is 1. The van der Waals surface area contributed by atoms with E-state index in [1.54, 1.807) is 24.5 Å². The van der Waals surface area contributed by atoms with Gasteiger partial charge in [0.2, 0.25) is 0 Å². The first kappa shape index (κ1) is 11.9. The molecule has 0 atom stereocenters. The van der Waals surface area contributed by atoms with Gasteiger partial charge in [-0.2, -0.15) is 0 Å². The van der Waals surface area contributed by atoms with E-state index in [-0.39, 0.29) is 5.91 Å². The lowest BCUT2D eigenvalue weighted by molar-refractivity contribution is 0.102. The molecule has 0 radical (unpaired) electrons. The molecule has 0 spiro atoms. The molecule has 3 aromatic rings. The number of aromatic amines is 1. The zero-order valence-electron chi connectivity index (χ0n) is 9.85. The van der Waals surface area contributed by atoms with E-state index in [4.69, 9.17) is 0 Å². The summed E-state index contributed by atoms with van der Waals surface area (Å²) in [6.45, 7) is 0. The molecular weight excluding hydrogens is 306 g/mol. The van der Waals surface area contributed by atoms with E-state index in [2.05, 4.69) is 31.2 Å². The summed E-state index contributed by atoms with van der Waals surface area (Å²) in [7, 11) is 0. The molecule has 1 aromatic carbocycles. The van der Waals surface area contributed by atoms with Gasteiger partial charge in [0.05, 0.1) is 21.2 Å². The third-order valence-electron chi connectivity index (χ3n) is 2.85. The van der Waals surface area contributed by atoms with E-state index >= 15 is 0 Å². The number of amides is 1. The third kappa shape index (κ3) is 2.24. The minimum Gasteiger partial charge on any atom is -0.361 e. The van der Waals surface area contributed by atoms with Gasteiger partial charge in [-0.3, -0.25) is 9.78 Å². The summed E-state index contributed by atoms with van der Waals surface area (Å²) in [4.78, 5) is 19.4. The minimum absolute atomic E-state index is 0.153. The minimum atomic E-state index is -0.153. The topological polar surface area (TPSA) is 57.8 Å². The van der Waals surface area contributed by atoms with Gasteiger partial charge in [0.25, 0.3) is 5.91 Å². The van der Waals surface area contributed by atoms with Crippen molar-refractivity contribution in [2.24, 2.45) is 0 Å². The molecule has 2 heterocycles. The molecule has 4 nitrogen and oxygen atoms in total. The lowest BCUT2D eigenvalue weighted by Crippen LogP contribution is -2.12. The highest BCUT2D eigenvalue weighted by atomic mass is 79.9. The normalized spacial score (nSPS) is 10.6. The lowest BCUT2D eigenvalue weighted by Gasteiger charge is -2.07. The van der Waals surface area contributed by atoms with Crippen molar-refractivity contribution in [3.05, 3.63) is 59.0 Å². The largest absolute Gasteiger partial charge is 0.361 e. The van der Waals surface area contributed by atoms with Crippen LogP contribution in [0.15, 0.2) is 53.4 Å². The summed E-state index contributed by atoms with van der Waals surface area (Å²) in [6.07, 6.45) is 5.10. The van der Waals surface area contributed by atoms with E-state index in [9.17, 15) is 4.79 Å². The number of nitrogens with one attached hydrogen (secondary N) is 2. The lowest BCUT2D eigenvalue weighted by atomic mass is 10.1. The number of nitrogens with zero attached hydrogens (tertiary/aromatic N) is 1. The Morgan fingerprint density at radius 2 is 2.16 bits per heavy atom. The second-order valence-electron chi connectivity index (χ2n) is 4.06. The number of anilines is 1. The summed E-state index contributed by atoms with van der Waals surface area (Å²) >= 11 is 3.35. The van der Waals surface area contributed by atoms with Crippen molar-refractivity contribution in [1.82, 2.24) is 9.97 Å². The summed E-state index contributed by atoms with van der Waals surface area (Å²) < 4.78 is 0.752. The zero-order chi connectivity index (χ0) is 13.2. The molecule has 0 saturated carbocycles. The molecule has 19 heavy (non-hydrogen) atoms. The average Bonchev–Trinajstić information content (AvgIpc) is 2.89. The average molecular weight is 316 g/mol. The molecule has 0 fully saturated rings. The maximum Gasteiger partial charge on any atom is 0.257 e. The monoisotopic (exact) mass is 315 g/mol. The van der Waals surface area contributed by atoms with Gasteiger partial charge >= 0.3 is 0 Å². The Balaban J connectivity index is 1.97. The van der Waals surface area contributed by atoms with Crippen LogP contribution in [0, 0.1) is 0 Å². The highest BCUT2D eigenvalue weighted by molar-refractivity contribution is 9.10. The molecule has 0 aliphatic rings. The van der Waals surface area contributed by atoms with Crippen LogP contribution in [0.2, 0.25) is 0 Å². The summed E-state index contributed by atoms with van der Waals surface area (Å²) in [5.41, 5.74) is 2.15. The van der Waals surface area contributed by atoms with E-state index in [1.807, 2.05) is 24.4 Å². The number of hydrogen-bond acceptors (Lipinski definition) is 2. The number of hydrogen-bond donors (Lipinski definition) is 2. The number of fused-ring (bicyclic) bond motifs is 1. The van der Waals surface area contributed by atoms with Crippen LogP contribution in [0.25, 0.3) is 10.9 Å². The Morgan fingerprint density at radius 1 is 1.26 bits per heavy atom. The molecule has 94 valence electrons. The summed E-state index contributed by atoms with van der Waals surface area (Å²) in [6, 6.07) is 9.31. The molecule has 5 heteroatoms. The maximum absolute atomic E-state index is 12.3. The van der Waals surface area contributed by atoms with Gasteiger partial charge in [-0.05, 0) is 34.1 Å². The number of carbonyl (C=O) groups excluding carboxylic acids is 1. The van der Waals surface area contributed by atoms with E-state index in [0.29, 0.717) is 11.3 Å². The number of aromatic nitrogens is 2. The number of benzene rings is 1. The van der Waals surface area contributed by atoms with Crippen molar-refractivity contribution in [2.45, 2.75) is 0 Å². The number of halogens is 1. The molecule has 0 unspecified atom stereocenters. The molecule has 0 bridgehead atoms. The molecule has 2 N–H and O–H groups in total. The fourth-order valence-corrected chi connectivity index (χ4v) is 2.29. The molecule has 3 rings (SSSR count). The van der Waals surface area contributed by atoms with Gasteiger partial charge in [0.1, 0.15) is 0 Å². The number of rotatable bonds is 2. The Morgan fingerprint density at radius 3 is 3.00 bits per heavy atom. The standard InChI is InChI=1S/C14H10BrN3O/c15-11-8-16-6-5-12(11)18-14(19)10-3-1-2-9-4-7-17-13(9)10/h1-8,17H,(H,16,18,19). The van der Waals surface area contributed by atoms with Crippen LogP contribution in [0.4, 0.5) is 5.69 Å². The van der Waals surface area contributed by atoms with Crippen LogP contribution < -0.4 is 5.32 Å². The second kappa shape index (κ2) is 4.85. The Kier molecular flexibility index (Phi) is 3.05. The van der Waals surface area contributed by atoms with Crippen molar-refractivity contribution >= 4 is 38.4 Å². The van der Waals surface area contributed by atoms with Crippen LogP contribution in [0.3, 0.4) is 0 Å². The molecule has 0 aliphatic carbocycles. The van der Waals surface area contributed by atoms with Crippen molar-refractivity contribution in [3.8, 4) is 0 Å². The van der Waals surface area contributed by atoms with Crippen LogP contribution in [0.5, 0.6) is 0 Å². The third-order valence-corrected chi connectivity index (χ3v) is 3.48. The fourth-order valence-electron chi connectivity index (χ4n) is 1.94. The smallest absolute Gasteiger partial charge is 0.257 e. The van der Waals surface area contributed by atoms with E-state index in [0.717, 1.165) is 15.4 Å². The Bertz CT molecular complexity index is 751. The van der Waals surface area contributed by atoms with Crippen LogP contribution in [-0.4, -0.2) is 15.9 Å². The van der Waals surface area contributed by atoms with Gasteiger partial charge in [0.15, 0.2) is 0 Å². The fraction of sp³-hybridized carbons (Fsp3) is 0. The van der Waals surface area contributed by atoms with Crippen LogP contribution in [-0.2, 0) is 0 Å². The predicted octanol–water partition coefficient (Wildman–Crippen LogP) is 3.58. The Labute approximate surface area is 118 Å². The first-order valence-electron chi connectivity index (χ1n) is 5.72. The first-order chi connectivity index (χ1) is 9.25. The van der Waals surface area contributed by atoms with E-state index in [1.165, 1.54) is 0 Å². The molecule has 0 saturated heterocycles. The molecule has 2 aromatic heterocycles. The quantitative estimate of drug-likeness (QED) is 0.759. The highest BCUT2D eigenvalue weighted by Gasteiger charge is 2.12. The maximum atomic E-state index is 12.3. The first-order valence-corrected chi connectivity index (χ1v) is 6.52. The zero-order valence-corrected chi connectivity index (χ0v) is 11.4.